The van der Waals surface area contributed by atoms with Gasteiger partial charge in [0.05, 0.1) is 0 Å². The molecule has 6 nitrogen and oxygen atoms in total. The summed E-state index contributed by atoms with van der Waals surface area (Å²) >= 11 is 0. The van der Waals surface area contributed by atoms with E-state index in [-0.39, 0.29) is 293 Å². The summed E-state index contributed by atoms with van der Waals surface area (Å²) in [6, 6.07) is 0. The average Bonchev–Trinajstić information content (AvgIpc) is 2.33. The van der Waals surface area contributed by atoms with Crippen molar-refractivity contribution >= 4 is 138 Å². The molecule has 0 atom stereocenters. The summed E-state index contributed by atoms with van der Waals surface area (Å²) in [5.41, 5.74) is 0. The third-order valence-corrected chi connectivity index (χ3v) is 0. The van der Waals surface area contributed by atoms with Gasteiger partial charge < -0.3 is 71.0 Å². The molecular weight excluding hydrogens is 744 g/mol. The van der Waals surface area contributed by atoms with Crippen LogP contribution in [0.25, 0.3) is 0 Å². The third-order valence-electron chi connectivity index (χ3n) is 0. The van der Waals surface area contributed by atoms with E-state index in [4.69, 9.17) is 71.0 Å². The van der Waals surface area contributed by atoms with Crippen molar-refractivity contribution in [3.8, 4) is 0 Å². The molecule has 0 aliphatic heterocycles. The van der Waals surface area contributed by atoms with E-state index < -0.39 is 0 Å². The maximum atomic E-state index is 6.25. The van der Waals surface area contributed by atoms with Crippen LogP contribution in [0.1, 0.15) is 0 Å². The summed E-state index contributed by atoms with van der Waals surface area (Å²) in [6.45, 7) is 28.5. The Morgan fingerprint density at radius 2 is 0.353 bits per heavy atom. The first-order valence-corrected chi connectivity index (χ1v) is 1.34. The van der Waals surface area contributed by atoms with E-state index in [1.165, 1.54) is 0 Å². The van der Waals surface area contributed by atoms with Gasteiger partial charge in [-0.25, -0.2) is 0 Å². The summed E-state index contributed by atoms with van der Waals surface area (Å²) in [4.78, 5) is 0. The van der Waals surface area contributed by atoms with Crippen molar-refractivity contribution < 1.29 is 155 Å². The molecule has 0 aliphatic rings. The second-order valence-corrected chi connectivity index (χ2v) is 0. The van der Waals surface area contributed by atoms with E-state index in [9.17, 15) is 0 Å². The predicted octanol–water partition coefficient (Wildman–Crippen LogP) is -6.18. The zero-order valence-electron chi connectivity index (χ0n) is 10.0. The molecule has 0 rings (SSSR count). The van der Waals surface area contributed by atoms with Gasteiger partial charge in [-0.15, -0.1) is 0 Å². The fraction of sp³-hybridized carbons (Fsp3) is 0. The summed E-state index contributed by atoms with van der Waals surface area (Å²) in [5, 5.41) is 37.5. The molecule has 0 aromatic rings. The largest absolute Gasteiger partial charge is 4.00 e. The maximum Gasteiger partial charge on any atom is 4.00 e. The molecule has 0 saturated carbocycles. The minimum atomic E-state index is 0. The van der Waals surface area contributed by atoms with Gasteiger partial charge in [0.25, 0.3) is 0 Å². The fourth-order valence-electron chi connectivity index (χ4n) is 0. The number of nitrogens with zero attached hydrogens (tertiary/aromatic N) is 6. The van der Waals surface area contributed by atoms with Crippen molar-refractivity contribution in [2.24, 2.45) is 0 Å². The van der Waals surface area contributed by atoms with E-state index in [1.807, 2.05) is 0 Å². The van der Waals surface area contributed by atoms with Gasteiger partial charge in [0.15, 0.2) is 0 Å². The first-order valence-electron chi connectivity index (χ1n) is 1.34. The van der Waals surface area contributed by atoms with Gasteiger partial charge in [-0.2, -0.15) is 0 Å². The minimum absolute atomic E-state index is 0. The molecule has 0 saturated heterocycles. The van der Waals surface area contributed by atoms with Gasteiger partial charge in [0.2, 0.25) is 0 Å². The third kappa shape index (κ3) is 261. The molecule has 0 aromatic carbocycles. The second kappa shape index (κ2) is 288. The SMILES string of the molecule is [C-]#N.[C-]#N.[C-]#N.[C-]#N.[C-]#N.[C-]#N.[Cs+].[Cs+].[Cs].[Cs].[Fe+4]. The van der Waals surface area contributed by atoms with Crippen LogP contribution >= 0.6 is 0 Å². The quantitative estimate of drug-likeness (QED) is 0.179. The topological polar surface area (TPSA) is 143 Å². The van der Waals surface area contributed by atoms with Crippen molar-refractivity contribution in [2.45, 2.75) is 0 Å². The van der Waals surface area contributed by atoms with Gasteiger partial charge in [-0.3, -0.25) is 0 Å². The van der Waals surface area contributed by atoms with Crippen molar-refractivity contribution in [1.82, 2.24) is 0 Å². The van der Waals surface area contributed by atoms with Crippen LogP contribution in [0.3, 0.4) is 0 Å². The van der Waals surface area contributed by atoms with Crippen molar-refractivity contribution in [1.29, 1.82) is 31.6 Å². The van der Waals surface area contributed by atoms with E-state index in [0.717, 1.165) is 0 Å². The molecule has 0 bridgehead atoms. The van der Waals surface area contributed by atoms with E-state index >= 15 is 0 Å². The molecule has 0 fully saturated rings. The molecule has 0 aliphatic carbocycles. The Morgan fingerprint density at radius 1 is 0.353 bits per heavy atom. The number of hydrogen-bond donors (Lipinski definition) is 0. The molecule has 0 amide bonds. The van der Waals surface area contributed by atoms with Crippen LogP contribution in [0.2, 0.25) is 0 Å². The standard InChI is InChI=1S/6CN.4Cs.Fe/c6*1-2;;;;;/q6*-1;;;2*+1;+4. The molecule has 0 aromatic heterocycles. The maximum absolute atomic E-state index is 6.25. The van der Waals surface area contributed by atoms with E-state index in [2.05, 4.69) is 0 Å². The average molecular weight is 744 g/mol. The van der Waals surface area contributed by atoms with Gasteiger partial charge in [0.1, 0.15) is 0 Å². The van der Waals surface area contributed by atoms with Gasteiger partial charge in [-0.1, -0.05) is 0 Å². The van der Waals surface area contributed by atoms with Crippen LogP contribution in [0, 0.1) is 71.0 Å². The van der Waals surface area contributed by atoms with Gasteiger partial charge in [0, 0.05) is 138 Å². The van der Waals surface area contributed by atoms with Crippen LogP contribution in [-0.2, 0) is 17.1 Å². The van der Waals surface area contributed by atoms with Crippen LogP contribution < -0.4 is 138 Å². The Kier molecular flexibility index (Phi) is 1330. The summed E-state index contributed by atoms with van der Waals surface area (Å²) in [5.74, 6) is 0. The monoisotopic (exact) mass is 744 g/mol. The molecule has 0 N–H and O–H groups in total. The minimum Gasteiger partial charge on any atom is -0.512 e. The molecule has 66 valence electrons. The van der Waals surface area contributed by atoms with Crippen molar-refractivity contribution in [3.63, 3.8) is 0 Å². The Morgan fingerprint density at radius 3 is 0.353 bits per heavy atom. The molecule has 2 radical (unpaired) electrons. The first-order chi connectivity index (χ1) is 6.00. The first kappa shape index (κ1) is 78.2. The summed E-state index contributed by atoms with van der Waals surface area (Å²) in [6.07, 6.45) is 0. The predicted molar refractivity (Wildman–Crippen MR) is 41.3 cm³/mol. The van der Waals surface area contributed by atoms with Crippen LogP contribution in [0.5, 0.6) is 0 Å². The second-order valence-electron chi connectivity index (χ2n) is 0. The molecule has 0 spiro atoms. The Labute approximate surface area is 350 Å². The smallest absolute Gasteiger partial charge is 0.512 e. The van der Waals surface area contributed by atoms with Gasteiger partial charge >= 0.3 is 155 Å². The van der Waals surface area contributed by atoms with Gasteiger partial charge in [-0.05, 0) is 0 Å². The fourth-order valence-corrected chi connectivity index (χ4v) is 0. The summed E-state index contributed by atoms with van der Waals surface area (Å²) < 4.78 is 0. The van der Waals surface area contributed by atoms with Crippen LogP contribution in [-0.4, -0.2) is 138 Å². The molecule has 0 heterocycles. The zero-order chi connectivity index (χ0) is 12.0. The Bertz CT molecular complexity index is 106. The molecule has 17 heavy (non-hydrogen) atoms. The zero-order valence-corrected chi connectivity index (χ0v) is 36.3. The summed E-state index contributed by atoms with van der Waals surface area (Å²) in [7, 11) is 0. The Hall–Kier alpha value is 5.67. The molecular formula is C6Cs4FeN6. The normalized spacial score (nSPS) is 0.706. The molecule has 0 unspecified atom stereocenters. The van der Waals surface area contributed by atoms with Crippen molar-refractivity contribution in [2.75, 3.05) is 0 Å². The number of hydrogen-bond acceptors (Lipinski definition) is 6. The van der Waals surface area contributed by atoms with Crippen molar-refractivity contribution in [3.05, 3.63) is 39.4 Å². The number of rotatable bonds is 0. The van der Waals surface area contributed by atoms with Crippen LogP contribution in [0.4, 0.5) is 0 Å². The van der Waals surface area contributed by atoms with E-state index in [0.29, 0.717) is 0 Å². The Balaban J connectivity index is -0.00000000267. The van der Waals surface area contributed by atoms with E-state index in [1.54, 1.807) is 0 Å². The van der Waals surface area contributed by atoms with Crippen LogP contribution in [0.15, 0.2) is 0 Å². The molecule has 11 heteroatoms.